The molecule has 3 heteroatoms. The molecule has 0 aliphatic rings. The summed E-state index contributed by atoms with van der Waals surface area (Å²) < 4.78 is 2.28. The van der Waals surface area contributed by atoms with Gasteiger partial charge in [0.1, 0.15) is 5.82 Å². The zero-order valence-electron chi connectivity index (χ0n) is 22.8. The third-order valence-corrected chi connectivity index (χ3v) is 6.60. The van der Waals surface area contributed by atoms with Crippen LogP contribution in [-0.2, 0) is 5.41 Å². The SMILES string of the molecule is Cc1cc(-c2cn(-c3c(C)cc(C(C)(C)CC(C)(C)C)cc3C)c(-c3ccccc3)n2)cc(C)n1. The van der Waals surface area contributed by atoms with E-state index in [4.69, 9.17) is 4.98 Å². The van der Waals surface area contributed by atoms with Crippen molar-refractivity contribution in [3.05, 3.63) is 88.9 Å². The predicted molar refractivity (Wildman–Crippen MR) is 148 cm³/mol. The van der Waals surface area contributed by atoms with Gasteiger partial charge in [0.2, 0.25) is 0 Å². The van der Waals surface area contributed by atoms with Crippen molar-refractivity contribution in [3.63, 3.8) is 0 Å². The lowest BCUT2D eigenvalue weighted by Crippen LogP contribution is -2.25. The van der Waals surface area contributed by atoms with Gasteiger partial charge < -0.3 is 0 Å². The van der Waals surface area contributed by atoms with E-state index < -0.39 is 0 Å². The Morgan fingerprint density at radius 2 is 1.29 bits per heavy atom. The number of aromatic nitrogens is 3. The third kappa shape index (κ3) is 5.40. The molecule has 182 valence electrons. The molecule has 0 saturated heterocycles. The molecule has 0 unspecified atom stereocenters. The predicted octanol–water partition coefficient (Wildman–Crippen LogP) is 8.55. The van der Waals surface area contributed by atoms with Crippen LogP contribution in [0.25, 0.3) is 28.3 Å². The lowest BCUT2D eigenvalue weighted by molar-refractivity contribution is 0.284. The van der Waals surface area contributed by atoms with Gasteiger partial charge in [0, 0.05) is 28.7 Å². The van der Waals surface area contributed by atoms with E-state index in [0.29, 0.717) is 0 Å². The molecule has 2 heterocycles. The van der Waals surface area contributed by atoms with Crippen LogP contribution in [0.5, 0.6) is 0 Å². The summed E-state index contributed by atoms with van der Waals surface area (Å²) in [4.78, 5) is 9.70. The topological polar surface area (TPSA) is 30.7 Å². The van der Waals surface area contributed by atoms with E-state index in [1.807, 2.05) is 13.8 Å². The van der Waals surface area contributed by atoms with E-state index in [1.54, 1.807) is 0 Å². The maximum absolute atomic E-state index is 5.15. The molecular formula is C32H39N3. The Bertz CT molecular complexity index is 1310. The number of hydrogen-bond donors (Lipinski definition) is 0. The van der Waals surface area contributed by atoms with Crippen molar-refractivity contribution >= 4 is 0 Å². The summed E-state index contributed by atoms with van der Waals surface area (Å²) in [5, 5.41) is 0. The number of hydrogen-bond acceptors (Lipinski definition) is 2. The van der Waals surface area contributed by atoms with Crippen molar-refractivity contribution in [2.75, 3.05) is 0 Å². The van der Waals surface area contributed by atoms with E-state index in [-0.39, 0.29) is 10.8 Å². The molecule has 0 fully saturated rings. The van der Waals surface area contributed by atoms with E-state index in [0.717, 1.165) is 40.5 Å². The van der Waals surface area contributed by atoms with E-state index in [9.17, 15) is 0 Å². The fourth-order valence-electron chi connectivity index (χ4n) is 5.62. The normalized spacial score (nSPS) is 12.3. The van der Waals surface area contributed by atoms with Crippen LogP contribution in [0.4, 0.5) is 0 Å². The minimum Gasteiger partial charge on any atom is -0.299 e. The Hall–Kier alpha value is -3.20. The van der Waals surface area contributed by atoms with Crippen molar-refractivity contribution in [2.45, 2.75) is 74.1 Å². The number of imidazole rings is 1. The minimum absolute atomic E-state index is 0.0980. The largest absolute Gasteiger partial charge is 0.299 e. The maximum Gasteiger partial charge on any atom is 0.145 e. The van der Waals surface area contributed by atoms with Gasteiger partial charge in [0.15, 0.2) is 0 Å². The molecule has 2 aromatic heterocycles. The first-order valence-electron chi connectivity index (χ1n) is 12.6. The number of nitrogens with zero attached hydrogens (tertiary/aromatic N) is 3. The van der Waals surface area contributed by atoms with Gasteiger partial charge in [-0.1, -0.05) is 77.1 Å². The second-order valence-corrected chi connectivity index (χ2v) is 11.9. The molecule has 0 aliphatic heterocycles. The van der Waals surface area contributed by atoms with Crippen molar-refractivity contribution < 1.29 is 0 Å². The van der Waals surface area contributed by atoms with Gasteiger partial charge in [-0.25, -0.2) is 4.98 Å². The molecule has 0 saturated carbocycles. The van der Waals surface area contributed by atoms with E-state index in [1.165, 1.54) is 22.4 Å². The second kappa shape index (κ2) is 9.11. The number of rotatable bonds is 5. The number of benzene rings is 2. The van der Waals surface area contributed by atoms with Crippen LogP contribution >= 0.6 is 0 Å². The Kier molecular flexibility index (Phi) is 6.48. The third-order valence-electron chi connectivity index (χ3n) is 6.60. The van der Waals surface area contributed by atoms with Gasteiger partial charge in [-0.15, -0.1) is 0 Å². The first-order valence-corrected chi connectivity index (χ1v) is 12.6. The van der Waals surface area contributed by atoms with E-state index in [2.05, 4.69) is 119 Å². The summed E-state index contributed by atoms with van der Waals surface area (Å²) in [7, 11) is 0. The summed E-state index contributed by atoms with van der Waals surface area (Å²) >= 11 is 0. The molecule has 4 aromatic rings. The average Bonchev–Trinajstić information content (AvgIpc) is 3.16. The molecule has 0 amide bonds. The van der Waals surface area contributed by atoms with Crippen LogP contribution in [0.1, 0.15) is 69.1 Å². The molecule has 2 aromatic carbocycles. The highest BCUT2D eigenvalue weighted by molar-refractivity contribution is 5.69. The molecule has 0 N–H and O–H groups in total. The van der Waals surface area contributed by atoms with Crippen LogP contribution in [0.3, 0.4) is 0 Å². The minimum atomic E-state index is 0.0980. The van der Waals surface area contributed by atoms with Crippen molar-refractivity contribution in [3.8, 4) is 28.3 Å². The van der Waals surface area contributed by atoms with Crippen LogP contribution in [0.15, 0.2) is 60.8 Å². The Balaban J connectivity index is 1.90. The van der Waals surface area contributed by atoms with Gasteiger partial charge in [-0.2, -0.15) is 0 Å². The number of pyridine rings is 1. The Morgan fingerprint density at radius 1 is 0.714 bits per heavy atom. The van der Waals surface area contributed by atoms with Crippen LogP contribution in [0.2, 0.25) is 0 Å². The standard InChI is InChI=1S/C32H39N3/c1-21-15-27(32(8,9)20-31(5,6)7)16-22(2)29(21)35-19-28(26-17-23(3)33-24(4)18-26)34-30(35)25-13-11-10-12-14-25/h10-19H,20H2,1-9H3. The summed E-state index contributed by atoms with van der Waals surface area (Å²) in [5.74, 6) is 0.959. The second-order valence-electron chi connectivity index (χ2n) is 11.9. The summed E-state index contributed by atoms with van der Waals surface area (Å²) in [6.07, 6.45) is 3.31. The molecule has 0 atom stereocenters. The van der Waals surface area contributed by atoms with E-state index >= 15 is 0 Å². The fourth-order valence-corrected chi connectivity index (χ4v) is 5.62. The van der Waals surface area contributed by atoms with Gasteiger partial charge in [0.05, 0.1) is 11.4 Å². The molecule has 4 rings (SSSR count). The van der Waals surface area contributed by atoms with Crippen LogP contribution < -0.4 is 0 Å². The lowest BCUT2D eigenvalue weighted by Gasteiger charge is -2.34. The Morgan fingerprint density at radius 3 is 1.83 bits per heavy atom. The monoisotopic (exact) mass is 465 g/mol. The quantitative estimate of drug-likeness (QED) is 0.295. The van der Waals surface area contributed by atoms with Gasteiger partial charge in [-0.3, -0.25) is 9.55 Å². The van der Waals surface area contributed by atoms with Crippen LogP contribution in [0, 0.1) is 33.1 Å². The zero-order chi connectivity index (χ0) is 25.5. The molecular weight excluding hydrogens is 426 g/mol. The molecule has 0 spiro atoms. The Labute approximate surface area is 211 Å². The summed E-state index contributed by atoms with van der Waals surface area (Å²) in [6.45, 7) is 20.2. The van der Waals surface area contributed by atoms with Crippen molar-refractivity contribution in [2.24, 2.45) is 5.41 Å². The smallest absolute Gasteiger partial charge is 0.145 e. The first kappa shape index (κ1) is 24.9. The molecule has 3 nitrogen and oxygen atoms in total. The van der Waals surface area contributed by atoms with Crippen LogP contribution in [-0.4, -0.2) is 14.5 Å². The number of aryl methyl sites for hydroxylation is 4. The highest BCUT2D eigenvalue weighted by atomic mass is 15.1. The zero-order valence-corrected chi connectivity index (χ0v) is 22.8. The molecule has 0 radical (unpaired) electrons. The summed E-state index contributed by atoms with van der Waals surface area (Å²) in [5.41, 5.74) is 10.7. The highest BCUT2D eigenvalue weighted by Gasteiger charge is 2.28. The first-order chi connectivity index (χ1) is 16.3. The average molecular weight is 466 g/mol. The maximum atomic E-state index is 5.15. The molecule has 35 heavy (non-hydrogen) atoms. The van der Waals surface area contributed by atoms with Gasteiger partial charge in [0.25, 0.3) is 0 Å². The van der Waals surface area contributed by atoms with Crippen molar-refractivity contribution in [1.29, 1.82) is 0 Å². The highest BCUT2D eigenvalue weighted by Crippen LogP contribution is 2.39. The fraction of sp³-hybridized carbons (Fsp3) is 0.375. The van der Waals surface area contributed by atoms with Crippen molar-refractivity contribution in [1.82, 2.24) is 14.5 Å². The van der Waals surface area contributed by atoms with Gasteiger partial charge in [-0.05, 0) is 73.8 Å². The molecule has 0 aliphatic carbocycles. The lowest BCUT2D eigenvalue weighted by atomic mass is 9.71. The summed E-state index contributed by atoms with van der Waals surface area (Å²) in [6, 6.07) is 19.5. The molecule has 0 bridgehead atoms. The van der Waals surface area contributed by atoms with Gasteiger partial charge >= 0.3 is 0 Å².